The first-order chi connectivity index (χ1) is 15.6. The molecule has 0 spiro atoms. The van der Waals surface area contributed by atoms with E-state index in [1.165, 1.54) is 18.2 Å². The maximum atomic E-state index is 12.1. The summed E-state index contributed by atoms with van der Waals surface area (Å²) in [5, 5.41) is 22.5. The van der Waals surface area contributed by atoms with E-state index in [0.717, 1.165) is 22.3 Å². The molecular formula is C25H17N3O4. The summed E-state index contributed by atoms with van der Waals surface area (Å²) in [6, 6.07) is 21.9. The van der Waals surface area contributed by atoms with Gasteiger partial charge in [0.1, 0.15) is 6.61 Å². The third-order valence-corrected chi connectivity index (χ3v) is 5.16. The Balaban J connectivity index is 1.36. The summed E-state index contributed by atoms with van der Waals surface area (Å²) in [6.45, 7) is 0.199. The van der Waals surface area contributed by atoms with Gasteiger partial charge in [0.2, 0.25) is 0 Å². The first kappa shape index (κ1) is 20.6. The highest BCUT2D eigenvalue weighted by Gasteiger charge is 2.28. The molecule has 7 heteroatoms. The minimum absolute atomic E-state index is 0.00124. The summed E-state index contributed by atoms with van der Waals surface area (Å²) >= 11 is 0. The van der Waals surface area contributed by atoms with Crippen LogP contribution < -0.4 is 5.32 Å². The van der Waals surface area contributed by atoms with Crippen molar-refractivity contribution in [1.82, 2.24) is 5.32 Å². The van der Waals surface area contributed by atoms with Gasteiger partial charge in [-0.2, -0.15) is 5.26 Å². The molecule has 4 rings (SSSR count). The Hall–Kier alpha value is -4.62. The molecule has 1 N–H and O–H groups in total. The molecule has 1 amide bonds. The lowest BCUT2D eigenvalue weighted by molar-refractivity contribution is -0.384. The van der Waals surface area contributed by atoms with E-state index in [1.807, 2.05) is 42.5 Å². The molecule has 0 radical (unpaired) electrons. The highest BCUT2D eigenvalue weighted by Crippen LogP contribution is 2.44. The van der Waals surface area contributed by atoms with E-state index in [4.69, 9.17) is 10.00 Å². The zero-order valence-electron chi connectivity index (χ0n) is 16.9. The first-order valence-corrected chi connectivity index (χ1v) is 9.84. The van der Waals surface area contributed by atoms with E-state index in [9.17, 15) is 14.9 Å². The monoisotopic (exact) mass is 423 g/mol. The number of nitro groups is 1. The summed E-state index contributed by atoms with van der Waals surface area (Å²) in [5.41, 5.74) is 4.81. The largest absolute Gasteiger partial charge is 0.449 e. The van der Waals surface area contributed by atoms with Crippen molar-refractivity contribution in [2.75, 3.05) is 13.2 Å². The Kier molecular flexibility index (Phi) is 5.83. The van der Waals surface area contributed by atoms with Crippen molar-refractivity contribution < 1.29 is 14.5 Å². The second-order valence-electron chi connectivity index (χ2n) is 7.12. The topological polar surface area (TPSA) is 105 Å². The zero-order valence-corrected chi connectivity index (χ0v) is 16.9. The molecule has 7 nitrogen and oxygen atoms in total. The van der Waals surface area contributed by atoms with Gasteiger partial charge in [-0.1, -0.05) is 60.4 Å². The number of rotatable bonds is 4. The van der Waals surface area contributed by atoms with E-state index in [2.05, 4.69) is 29.3 Å². The van der Waals surface area contributed by atoms with E-state index in [-0.39, 0.29) is 30.3 Å². The molecule has 0 bridgehead atoms. The number of nitrogens with zero attached hydrogens (tertiary/aromatic N) is 2. The maximum Gasteiger partial charge on any atom is 0.407 e. The van der Waals surface area contributed by atoms with E-state index in [0.29, 0.717) is 5.56 Å². The average Bonchev–Trinajstić information content (AvgIpc) is 3.14. The van der Waals surface area contributed by atoms with Crippen molar-refractivity contribution in [3.63, 3.8) is 0 Å². The molecule has 0 fully saturated rings. The molecule has 1 aliphatic carbocycles. The van der Waals surface area contributed by atoms with Crippen molar-refractivity contribution in [1.29, 1.82) is 5.26 Å². The van der Waals surface area contributed by atoms with Crippen molar-refractivity contribution in [3.8, 4) is 29.0 Å². The van der Waals surface area contributed by atoms with Gasteiger partial charge in [-0.15, -0.1) is 0 Å². The number of benzene rings is 3. The highest BCUT2D eigenvalue weighted by molar-refractivity contribution is 5.79. The number of nitrogens with one attached hydrogen (secondary N) is 1. The summed E-state index contributed by atoms with van der Waals surface area (Å²) in [7, 11) is 0. The van der Waals surface area contributed by atoms with Crippen LogP contribution in [0.5, 0.6) is 0 Å². The fourth-order valence-electron chi connectivity index (χ4n) is 3.77. The van der Waals surface area contributed by atoms with Crippen LogP contribution in [0.4, 0.5) is 10.5 Å². The fourth-order valence-corrected chi connectivity index (χ4v) is 3.77. The van der Waals surface area contributed by atoms with Gasteiger partial charge in [-0.3, -0.25) is 10.1 Å². The van der Waals surface area contributed by atoms with Gasteiger partial charge in [-0.05, 0) is 28.3 Å². The Morgan fingerprint density at radius 2 is 1.66 bits per heavy atom. The number of amides is 1. The van der Waals surface area contributed by atoms with Gasteiger partial charge in [0.15, 0.2) is 0 Å². The lowest BCUT2D eigenvalue weighted by Crippen LogP contribution is -2.26. The second-order valence-corrected chi connectivity index (χ2v) is 7.12. The zero-order chi connectivity index (χ0) is 22.5. The van der Waals surface area contributed by atoms with E-state index < -0.39 is 11.0 Å². The predicted octanol–water partition coefficient (Wildman–Crippen LogP) is 4.36. The Labute approximate surface area is 184 Å². The molecular weight excluding hydrogens is 406 g/mol. The highest BCUT2D eigenvalue weighted by atomic mass is 16.6. The van der Waals surface area contributed by atoms with Crippen LogP contribution in [-0.4, -0.2) is 24.2 Å². The molecule has 0 saturated heterocycles. The Morgan fingerprint density at radius 1 is 1.03 bits per heavy atom. The normalized spacial score (nSPS) is 11.3. The third kappa shape index (κ3) is 4.28. The summed E-state index contributed by atoms with van der Waals surface area (Å²) in [6.07, 6.45) is -0.599. The van der Waals surface area contributed by atoms with E-state index in [1.54, 1.807) is 0 Å². The van der Waals surface area contributed by atoms with Gasteiger partial charge in [-0.25, -0.2) is 4.79 Å². The number of ether oxygens (including phenoxy) is 1. The summed E-state index contributed by atoms with van der Waals surface area (Å²) in [5.74, 6) is 5.40. The molecule has 0 unspecified atom stereocenters. The number of carbonyl (C=O) groups excluding carboxylic acids is 1. The summed E-state index contributed by atoms with van der Waals surface area (Å²) in [4.78, 5) is 22.5. The number of carbonyl (C=O) groups is 1. The predicted molar refractivity (Wildman–Crippen MR) is 118 cm³/mol. The molecule has 3 aromatic rings. The van der Waals surface area contributed by atoms with Crippen molar-refractivity contribution >= 4 is 11.8 Å². The number of nitriles is 1. The van der Waals surface area contributed by atoms with Crippen molar-refractivity contribution in [3.05, 3.63) is 99.1 Å². The number of hydrogen-bond donors (Lipinski definition) is 1. The van der Waals surface area contributed by atoms with Crippen LogP contribution in [0.3, 0.4) is 0 Å². The number of non-ortho nitro benzene ring substituents is 1. The van der Waals surface area contributed by atoms with E-state index >= 15 is 0 Å². The van der Waals surface area contributed by atoms with Crippen LogP contribution in [0.25, 0.3) is 11.1 Å². The van der Waals surface area contributed by atoms with Gasteiger partial charge < -0.3 is 10.1 Å². The average molecular weight is 423 g/mol. The molecule has 0 aromatic heterocycles. The minimum Gasteiger partial charge on any atom is -0.449 e. The molecule has 0 heterocycles. The van der Waals surface area contributed by atoms with Crippen LogP contribution in [0.2, 0.25) is 0 Å². The molecule has 3 aromatic carbocycles. The van der Waals surface area contributed by atoms with Gasteiger partial charge in [0.25, 0.3) is 5.69 Å². The van der Waals surface area contributed by atoms with Crippen molar-refractivity contribution in [2.45, 2.75) is 5.92 Å². The first-order valence-electron chi connectivity index (χ1n) is 9.84. The van der Waals surface area contributed by atoms with Crippen LogP contribution >= 0.6 is 0 Å². The lowest BCUT2D eigenvalue weighted by Gasteiger charge is -2.14. The van der Waals surface area contributed by atoms with Gasteiger partial charge in [0.05, 0.1) is 23.1 Å². The van der Waals surface area contributed by atoms with Crippen LogP contribution in [-0.2, 0) is 4.74 Å². The van der Waals surface area contributed by atoms with Crippen molar-refractivity contribution in [2.24, 2.45) is 0 Å². The quantitative estimate of drug-likeness (QED) is 0.381. The lowest BCUT2D eigenvalue weighted by atomic mass is 9.98. The molecule has 156 valence electrons. The number of fused-ring (bicyclic) bond motifs is 3. The molecule has 32 heavy (non-hydrogen) atoms. The fraction of sp³-hybridized carbons (Fsp3) is 0.120. The van der Waals surface area contributed by atoms with Crippen LogP contribution in [0.15, 0.2) is 66.7 Å². The maximum absolute atomic E-state index is 12.1. The molecule has 0 atom stereocenters. The van der Waals surface area contributed by atoms with Gasteiger partial charge >= 0.3 is 6.09 Å². The molecule has 0 aliphatic heterocycles. The number of nitro benzene ring substituents is 1. The SMILES string of the molecule is N#Cc1cc(C#CCNC(=O)OCC2c3ccccc3-c3ccccc32)cc([N+](=O)[O-])c1. The van der Waals surface area contributed by atoms with Crippen LogP contribution in [0, 0.1) is 33.3 Å². The minimum atomic E-state index is -0.599. The number of alkyl carbamates (subject to hydrolysis) is 1. The van der Waals surface area contributed by atoms with Gasteiger partial charge in [0, 0.05) is 23.6 Å². The molecule has 0 saturated carbocycles. The summed E-state index contributed by atoms with van der Waals surface area (Å²) < 4.78 is 5.43. The molecule has 1 aliphatic rings. The number of hydrogen-bond acceptors (Lipinski definition) is 5. The smallest absolute Gasteiger partial charge is 0.407 e. The standard InChI is InChI=1S/C25H17N3O4/c26-15-18-12-17(13-19(14-18)28(30)31)6-5-11-27-25(29)32-16-24-22-9-3-1-7-20(22)21-8-2-4-10-23(21)24/h1-4,7-10,12-14,24H,11,16H2,(H,27,29). The van der Waals surface area contributed by atoms with Crippen LogP contribution in [0.1, 0.15) is 28.2 Å². The Morgan fingerprint density at radius 3 is 2.28 bits per heavy atom. The Bertz CT molecular complexity index is 1270. The third-order valence-electron chi connectivity index (χ3n) is 5.16. The second kappa shape index (κ2) is 9.03.